The Morgan fingerprint density at radius 1 is 1.18 bits per heavy atom. The fourth-order valence-electron chi connectivity index (χ4n) is 3.86. The largest absolute Gasteiger partial charge is 0.310 e. The summed E-state index contributed by atoms with van der Waals surface area (Å²) < 4.78 is 43.4. The van der Waals surface area contributed by atoms with Crippen LogP contribution in [0.4, 0.5) is 10.2 Å². The summed E-state index contributed by atoms with van der Waals surface area (Å²) in [6, 6.07) is 9.17. The second kappa shape index (κ2) is 9.00. The van der Waals surface area contributed by atoms with Crippen LogP contribution in [0.5, 0.6) is 0 Å². The molecule has 1 saturated heterocycles. The highest BCUT2D eigenvalue weighted by Gasteiger charge is 2.33. The van der Waals surface area contributed by atoms with E-state index >= 15 is 0 Å². The molecule has 13 heteroatoms. The Bertz CT molecular complexity index is 1490. The molecule has 34 heavy (non-hydrogen) atoms. The molecule has 0 unspecified atom stereocenters. The fraction of sp³-hybridized carbons (Fsp3) is 0.286. The van der Waals surface area contributed by atoms with Crippen molar-refractivity contribution in [1.29, 1.82) is 0 Å². The Hall–Kier alpha value is -2.38. The van der Waals surface area contributed by atoms with Crippen LogP contribution in [0.2, 0.25) is 4.34 Å². The molecule has 178 valence electrons. The number of nitrogens with zero attached hydrogens (tertiary/aromatic N) is 4. The molecule has 3 aromatic heterocycles. The van der Waals surface area contributed by atoms with Gasteiger partial charge >= 0.3 is 0 Å². The van der Waals surface area contributed by atoms with E-state index in [-0.39, 0.29) is 34.9 Å². The van der Waals surface area contributed by atoms with E-state index in [1.807, 2.05) is 0 Å². The van der Waals surface area contributed by atoms with Crippen LogP contribution in [0.1, 0.15) is 18.5 Å². The van der Waals surface area contributed by atoms with Gasteiger partial charge in [0, 0.05) is 25.1 Å². The van der Waals surface area contributed by atoms with Crippen molar-refractivity contribution in [3.63, 3.8) is 0 Å². The molecule has 1 aliphatic heterocycles. The average molecular weight is 540 g/mol. The van der Waals surface area contributed by atoms with Crippen molar-refractivity contribution in [3.8, 4) is 5.13 Å². The first kappa shape index (κ1) is 23.4. The summed E-state index contributed by atoms with van der Waals surface area (Å²) in [4.78, 5) is 17.5. The van der Waals surface area contributed by atoms with Crippen LogP contribution in [0.3, 0.4) is 0 Å². The lowest BCUT2D eigenvalue weighted by atomic mass is 9.97. The number of thiophene rings is 1. The number of anilines is 1. The molecule has 1 fully saturated rings. The number of carbonyl (C=O) groups is 1. The number of benzene rings is 1. The third-order valence-corrected chi connectivity index (χ3v) is 10.2. The summed E-state index contributed by atoms with van der Waals surface area (Å²) in [7, 11) is -3.62. The molecule has 0 spiro atoms. The smallest absolute Gasteiger partial charge is 0.252 e. The highest BCUT2D eigenvalue weighted by atomic mass is 35.5. The van der Waals surface area contributed by atoms with Crippen molar-refractivity contribution in [1.82, 2.24) is 19.1 Å². The quantitative estimate of drug-likeness (QED) is 0.397. The SMILES string of the molecule is Cc1cc(NC(=O)C2CCN(S(=O)(=O)c3ccc(Cl)s3)CC2)n(-c2nc3ccc(F)cc3s2)n1. The number of nitrogens with one attached hydrogen (secondary N) is 1. The second-order valence-corrected chi connectivity index (χ2v) is 12.8. The van der Waals surface area contributed by atoms with Gasteiger partial charge in [0.05, 0.1) is 20.2 Å². The number of piperidine rings is 1. The molecule has 1 amide bonds. The summed E-state index contributed by atoms with van der Waals surface area (Å²) >= 11 is 8.19. The highest BCUT2D eigenvalue weighted by molar-refractivity contribution is 7.91. The molecule has 5 rings (SSSR count). The third kappa shape index (κ3) is 4.48. The van der Waals surface area contributed by atoms with Gasteiger partial charge in [0.2, 0.25) is 11.0 Å². The van der Waals surface area contributed by atoms with Gasteiger partial charge in [-0.15, -0.1) is 11.3 Å². The summed E-state index contributed by atoms with van der Waals surface area (Å²) in [6.07, 6.45) is 0.801. The zero-order chi connectivity index (χ0) is 24.0. The second-order valence-electron chi connectivity index (χ2n) is 7.92. The number of hydrogen-bond donors (Lipinski definition) is 1. The van der Waals surface area contributed by atoms with Crippen LogP contribution in [-0.4, -0.2) is 46.5 Å². The van der Waals surface area contributed by atoms with Gasteiger partial charge < -0.3 is 5.32 Å². The van der Waals surface area contributed by atoms with E-state index in [1.54, 1.807) is 25.1 Å². The number of hydrogen-bond acceptors (Lipinski definition) is 7. The van der Waals surface area contributed by atoms with Crippen LogP contribution < -0.4 is 5.32 Å². The summed E-state index contributed by atoms with van der Waals surface area (Å²) in [5.74, 6) is -0.426. The van der Waals surface area contributed by atoms with Gasteiger partial charge in [-0.3, -0.25) is 4.79 Å². The van der Waals surface area contributed by atoms with Gasteiger partial charge in [-0.25, -0.2) is 17.8 Å². The van der Waals surface area contributed by atoms with Crippen LogP contribution in [-0.2, 0) is 14.8 Å². The zero-order valence-electron chi connectivity index (χ0n) is 17.9. The maximum atomic E-state index is 13.6. The summed E-state index contributed by atoms with van der Waals surface area (Å²) in [6.45, 7) is 2.30. The number of halogens is 2. The third-order valence-electron chi connectivity index (χ3n) is 5.57. The molecule has 1 aromatic carbocycles. The van der Waals surface area contributed by atoms with Crippen molar-refractivity contribution in [2.45, 2.75) is 24.0 Å². The molecule has 1 N–H and O–H groups in total. The minimum atomic E-state index is -3.62. The monoisotopic (exact) mass is 539 g/mol. The Morgan fingerprint density at radius 2 is 1.94 bits per heavy atom. The van der Waals surface area contributed by atoms with E-state index in [9.17, 15) is 17.6 Å². The van der Waals surface area contributed by atoms with E-state index in [2.05, 4.69) is 15.4 Å². The number of rotatable bonds is 5. The molecule has 0 saturated carbocycles. The van der Waals surface area contributed by atoms with Gasteiger partial charge in [-0.2, -0.15) is 14.1 Å². The maximum absolute atomic E-state index is 13.6. The molecular formula is C21H19ClFN5O3S3. The van der Waals surface area contributed by atoms with Gasteiger partial charge in [0.15, 0.2) is 0 Å². The van der Waals surface area contributed by atoms with E-state index < -0.39 is 10.0 Å². The van der Waals surface area contributed by atoms with Crippen LogP contribution in [0.15, 0.2) is 40.6 Å². The first-order valence-corrected chi connectivity index (χ1v) is 13.9. The number of sulfonamides is 1. The van der Waals surface area contributed by atoms with E-state index in [4.69, 9.17) is 11.6 Å². The van der Waals surface area contributed by atoms with Crippen molar-refractivity contribution in [2.24, 2.45) is 5.92 Å². The number of aryl methyl sites for hydroxylation is 1. The van der Waals surface area contributed by atoms with Crippen molar-refractivity contribution in [3.05, 3.63) is 52.2 Å². The van der Waals surface area contributed by atoms with Crippen LogP contribution in [0.25, 0.3) is 15.3 Å². The first-order chi connectivity index (χ1) is 16.2. The minimum absolute atomic E-state index is 0.204. The molecule has 0 bridgehead atoms. The average Bonchev–Trinajstić information content (AvgIpc) is 3.51. The number of fused-ring (bicyclic) bond motifs is 1. The molecule has 0 aliphatic carbocycles. The van der Waals surface area contributed by atoms with Crippen LogP contribution in [0, 0.1) is 18.7 Å². The zero-order valence-corrected chi connectivity index (χ0v) is 21.1. The lowest BCUT2D eigenvalue weighted by Crippen LogP contribution is -2.41. The van der Waals surface area contributed by atoms with Gasteiger partial charge in [-0.05, 0) is 50.1 Å². The van der Waals surface area contributed by atoms with Crippen molar-refractivity contribution < 1.29 is 17.6 Å². The Morgan fingerprint density at radius 3 is 2.65 bits per heavy atom. The summed E-state index contributed by atoms with van der Waals surface area (Å²) in [5, 5.41) is 7.86. The first-order valence-electron chi connectivity index (χ1n) is 10.4. The maximum Gasteiger partial charge on any atom is 0.252 e. The lowest BCUT2D eigenvalue weighted by molar-refractivity contribution is -0.120. The van der Waals surface area contributed by atoms with E-state index in [0.29, 0.717) is 44.0 Å². The Labute approximate surface area is 208 Å². The van der Waals surface area contributed by atoms with Gasteiger partial charge in [0.25, 0.3) is 10.0 Å². The lowest BCUT2D eigenvalue weighted by Gasteiger charge is -2.30. The van der Waals surface area contributed by atoms with Crippen molar-refractivity contribution >= 4 is 66.2 Å². The Kier molecular flexibility index (Phi) is 6.19. The van der Waals surface area contributed by atoms with Gasteiger partial charge in [0.1, 0.15) is 15.8 Å². The van der Waals surface area contributed by atoms with Crippen molar-refractivity contribution in [2.75, 3.05) is 18.4 Å². The Balaban J connectivity index is 1.29. The highest BCUT2D eigenvalue weighted by Crippen LogP contribution is 2.32. The normalized spacial score (nSPS) is 15.7. The van der Waals surface area contributed by atoms with Gasteiger partial charge in [-0.1, -0.05) is 22.9 Å². The number of thiazole rings is 1. The van der Waals surface area contributed by atoms with E-state index in [0.717, 1.165) is 11.3 Å². The van der Waals surface area contributed by atoms with Crippen LogP contribution >= 0.6 is 34.3 Å². The number of aromatic nitrogens is 3. The molecule has 4 heterocycles. The minimum Gasteiger partial charge on any atom is -0.310 e. The fourth-order valence-corrected chi connectivity index (χ4v) is 7.92. The molecule has 8 nitrogen and oxygen atoms in total. The number of carbonyl (C=O) groups excluding carboxylic acids is 1. The predicted octanol–water partition coefficient (Wildman–Crippen LogP) is 4.68. The predicted molar refractivity (Wildman–Crippen MR) is 131 cm³/mol. The molecular weight excluding hydrogens is 521 g/mol. The molecule has 0 atom stereocenters. The molecule has 0 radical (unpaired) electrons. The summed E-state index contributed by atoms with van der Waals surface area (Å²) in [5.41, 5.74) is 1.34. The molecule has 4 aromatic rings. The molecule has 1 aliphatic rings. The van der Waals surface area contributed by atoms with E-state index in [1.165, 1.54) is 38.5 Å². The standard InChI is InChI=1S/C21H19ClFN5O3S3/c1-12-10-18(28(26-12)21-24-15-3-2-14(23)11-16(15)32-21)25-20(29)13-6-8-27(9-7-13)34(30,31)19-5-4-17(22)33-19/h2-5,10-11,13H,6-9H2,1H3,(H,25,29). The number of amides is 1. The topological polar surface area (TPSA) is 97.2 Å².